The van der Waals surface area contributed by atoms with Crippen molar-refractivity contribution in [2.75, 3.05) is 20.2 Å². The van der Waals surface area contributed by atoms with Crippen molar-refractivity contribution in [3.05, 3.63) is 29.5 Å². The molecule has 1 aromatic heterocycles. The Hall–Kier alpha value is -2.37. The Morgan fingerprint density at radius 3 is 2.69 bits per heavy atom. The molecule has 1 heterocycles. The zero-order chi connectivity index (χ0) is 18.7. The molecule has 26 heavy (non-hydrogen) atoms. The third-order valence-electron chi connectivity index (χ3n) is 5.12. The Balaban J connectivity index is 1.86. The number of aryl methyl sites for hydroxylation is 1. The minimum atomic E-state index is -0.333. The van der Waals surface area contributed by atoms with Gasteiger partial charge in [0.25, 0.3) is 5.91 Å². The second kappa shape index (κ2) is 7.89. The lowest BCUT2D eigenvalue weighted by Crippen LogP contribution is -2.30. The standard InChI is InChI=1S/C20H27N3O3/c1-4-18-17-10-9-15(20(25)22(3)11-12-26-14(2)24)13-19(17)23(21-18)16-7-5-6-8-16/h9-10,13,16H,4-8,11-12H2,1-3H3. The summed E-state index contributed by atoms with van der Waals surface area (Å²) in [7, 11) is 1.72. The number of benzene rings is 1. The van der Waals surface area contributed by atoms with Gasteiger partial charge in [-0.15, -0.1) is 0 Å². The number of carbonyl (C=O) groups is 2. The first-order valence-electron chi connectivity index (χ1n) is 9.41. The predicted molar refractivity (Wildman–Crippen MR) is 100 cm³/mol. The molecule has 1 fully saturated rings. The molecule has 0 atom stereocenters. The van der Waals surface area contributed by atoms with Gasteiger partial charge in [-0.25, -0.2) is 0 Å². The molecule has 0 spiro atoms. The Labute approximate surface area is 154 Å². The van der Waals surface area contributed by atoms with Gasteiger partial charge < -0.3 is 9.64 Å². The average molecular weight is 357 g/mol. The summed E-state index contributed by atoms with van der Waals surface area (Å²) in [6.07, 6.45) is 5.67. The first-order chi connectivity index (χ1) is 12.5. The fourth-order valence-corrected chi connectivity index (χ4v) is 3.67. The van der Waals surface area contributed by atoms with Gasteiger partial charge in [0.15, 0.2) is 0 Å². The van der Waals surface area contributed by atoms with E-state index in [0.717, 1.165) is 35.9 Å². The van der Waals surface area contributed by atoms with Crippen molar-refractivity contribution < 1.29 is 14.3 Å². The van der Waals surface area contributed by atoms with Crippen LogP contribution in [0.2, 0.25) is 0 Å². The minimum absolute atomic E-state index is 0.0729. The van der Waals surface area contributed by atoms with E-state index >= 15 is 0 Å². The van der Waals surface area contributed by atoms with Crippen LogP contribution in [-0.2, 0) is 16.0 Å². The number of fused-ring (bicyclic) bond motifs is 1. The van der Waals surface area contributed by atoms with Crippen molar-refractivity contribution in [2.45, 2.75) is 52.0 Å². The molecule has 1 saturated carbocycles. The van der Waals surface area contributed by atoms with Crippen LogP contribution in [0.4, 0.5) is 0 Å². The van der Waals surface area contributed by atoms with Crippen LogP contribution in [0.5, 0.6) is 0 Å². The van der Waals surface area contributed by atoms with Crippen LogP contribution in [0.1, 0.15) is 61.6 Å². The Morgan fingerprint density at radius 2 is 2.04 bits per heavy atom. The van der Waals surface area contributed by atoms with Gasteiger partial charge in [-0.2, -0.15) is 5.10 Å². The molecule has 0 unspecified atom stereocenters. The first-order valence-corrected chi connectivity index (χ1v) is 9.41. The van der Waals surface area contributed by atoms with Crippen molar-refractivity contribution in [1.29, 1.82) is 0 Å². The summed E-state index contributed by atoms with van der Waals surface area (Å²) in [5.74, 6) is -0.406. The fraction of sp³-hybridized carbons (Fsp3) is 0.550. The summed E-state index contributed by atoms with van der Waals surface area (Å²) in [5, 5.41) is 5.98. The molecule has 1 aromatic carbocycles. The van der Waals surface area contributed by atoms with Crippen molar-refractivity contribution in [1.82, 2.24) is 14.7 Å². The van der Waals surface area contributed by atoms with Gasteiger partial charge in [-0.05, 0) is 31.4 Å². The number of aromatic nitrogens is 2. The summed E-state index contributed by atoms with van der Waals surface area (Å²) < 4.78 is 7.06. The first kappa shape index (κ1) is 18.4. The number of likely N-dealkylation sites (N-methyl/N-ethyl adjacent to an activating group) is 1. The van der Waals surface area contributed by atoms with Gasteiger partial charge in [-0.1, -0.05) is 25.8 Å². The van der Waals surface area contributed by atoms with Crippen molar-refractivity contribution in [2.24, 2.45) is 0 Å². The van der Waals surface area contributed by atoms with Gasteiger partial charge in [-0.3, -0.25) is 14.3 Å². The van der Waals surface area contributed by atoms with Gasteiger partial charge >= 0.3 is 5.97 Å². The molecule has 6 heteroatoms. The predicted octanol–water partition coefficient (Wildman–Crippen LogP) is 3.35. The Bertz CT molecular complexity index is 806. The molecule has 0 aliphatic heterocycles. The number of esters is 1. The number of ether oxygens (including phenoxy) is 1. The highest BCUT2D eigenvalue weighted by Gasteiger charge is 2.22. The number of hydrogen-bond acceptors (Lipinski definition) is 4. The number of nitrogens with zero attached hydrogens (tertiary/aromatic N) is 3. The van der Waals surface area contributed by atoms with Crippen LogP contribution in [0.25, 0.3) is 10.9 Å². The zero-order valence-electron chi connectivity index (χ0n) is 15.8. The quantitative estimate of drug-likeness (QED) is 0.744. The van der Waals surface area contributed by atoms with Crippen molar-refractivity contribution in [3.8, 4) is 0 Å². The number of hydrogen-bond donors (Lipinski definition) is 0. The molecule has 3 rings (SSSR count). The topological polar surface area (TPSA) is 64.4 Å². The van der Waals surface area contributed by atoms with E-state index in [1.165, 1.54) is 19.8 Å². The smallest absolute Gasteiger partial charge is 0.302 e. The van der Waals surface area contributed by atoms with Crippen LogP contribution >= 0.6 is 0 Å². The molecule has 0 N–H and O–H groups in total. The molecule has 140 valence electrons. The molecule has 2 aromatic rings. The van der Waals surface area contributed by atoms with Crippen LogP contribution in [-0.4, -0.2) is 46.8 Å². The molecule has 1 aliphatic carbocycles. The average Bonchev–Trinajstić information content (AvgIpc) is 3.27. The van der Waals surface area contributed by atoms with Crippen LogP contribution in [0, 0.1) is 0 Å². The Kier molecular flexibility index (Phi) is 5.59. The second-order valence-electron chi connectivity index (χ2n) is 6.98. The van der Waals surface area contributed by atoms with Crippen molar-refractivity contribution >= 4 is 22.8 Å². The van der Waals surface area contributed by atoms with Crippen LogP contribution in [0.3, 0.4) is 0 Å². The molecule has 0 radical (unpaired) electrons. The van der Waals surface area contributed by atoms with E-state index in [1.807, 2.05) is 18.2 Å². The maximum atomic E-state index is 12.7. The highest BCUT2D eigenvalue weighted by Crippen LogP contribution is 2.33. The highest BCUT2D eigenvalue weighted by molar-refractivity contribution is 5.98. The summed E-state index contributed by atoms with van der Waals surface area (Å²) in [6, 6.07) is 6.28. The van der Waals surface area contributed by atoms with Gasteiger partial charge in [0, 0.05) is 24.9 Å². The Morgan fingerprint density at radius 1 is 1.31 bits per heavy atom. The molecular weight excluding hydrogens is 330 g/mol. The van der Waals surface area contributed by atoms with Gasteiger partial charge in [0.1, 0.15) is 6.61 Å². The lowest BCUT2D eigenvalue weighted by atomic mass is 10.1. The number of carbonyl (C=O) groups excluding carboxylic acids is 2. The van der Waals surface area contributed by atoms with E-state index in [9.17, 15) is 9.59 Å². The molecule has 0 saturated heterocycles. The summed E-state index contributed by atoms with van der Waals surface area (Å²) in [5.41, 5.74) is 2.78. The van der Waals surface area contributed by atoms with E-state index < -0.39 is 0 Å². The molecule has 0 bridgehead atoms. The second-order valence-corrected chi connectivity index (χ2v) is 6.98. The van der Waals surface area contributed by atoms with Gasteiger partial charge in [0.2, 0.25) is 0 Å². The largest absolute Gasteiger partial charge is 0.464 e. The van der Waals surface area contributed by atoms with E-state index in [2.05, 4.69) is 11.6 Å². The lowest BCUT2D eigenvalue weighted by molar-refractivity contribution is -0.141. The maximum absolute atomic E-state index is 12.7. The van der Waals surface area contributed by atoms with Gasteiger partial charge in [0.05, 0.1) is 23.8 Å². The van der Waals surface area contributed by atoms with Crippen molar-refractivity contribution in [3.63, 3.8) is 0 Å². The molecular formula is C20H27N3O3. The third kappa shape index (κ3) is 3.74. The van der Waals surface area contributed by atoms with E-state index in [-0.39, 0.29) is 18.5 Å². The molecule has 6 nitrogen and oxygen atoms in total. The lowest BCUT2D eigenvalue weighted by Gasteiger charge is -2.17. The monoisotopic (exact) mass is 357 g/mol. The van der Waals surface area contributed by atoms with E-state index in [0.29, 0.717) is 18.2 Å². The van der Waals surface area contributed by atoms with E-state index in [1.54, 1.807) is 11.9 Å². The highest BCUT2D eigenvalue weighted by atomic mass is 16.5. The SMILES string of the molecule is CCc1nn(C2CCCC2)c2cc(C(=O)N(C)CCOC(C)=O)ccc12. The molecule has 1 aliphatic rings. The van der Waals surface area contributed by atoms with Crippen LogP contribution in [0.15, 0.2) is 18.2 Å². The summed E-state index contributed by atoms with van der Waals surface area (Å²) in [4.78, 5) is 25.2. The number of amides is 1. The maximum Gasteiger partial charge on any atom is 0.302 e. The van der Waals surface area contributed by atoms with Crippen LogP contribution < -0.4 is 0 Å². The van der Waals surface area contributed by atoms with E-state index in [4.69, 9.17) is 9.84 Å². The fourth-order valence-electron chi connectivity index (χ4n) is 3.67. The zero-order valence-corrected chi connectivity index (χ0v) is 15.8. The minimum Gasteiger partial charge on any atom is -0.464 e. The number of rotatable bonds is 6. The summed E-state index contributed by atoms with van der Waals surface area (Å²) in [6.45, 7) is 4.06. The summed E-state index contributed by atoms with van der Waals surface area (Å²) >= 11 is 0. The molecule has 1 amide bonds. The normalized spacial score (nSPS) is 14.7. The third-order valence-corrected chi connectivity index (χ3v) is 5.12.